The second-order valence-corrected chi connectivity index (χ2v) is 4.30. The van der Waals surface area contributed by atoms with Gasteiger partial charge in [-0.2, -0.15) is 0 Å². The number of rotatable bonds is 1. The molecule has 2 aromatic rings. The Morgan fingerprint density at radius 2 is 1.89 bits per heavy atom. The van der Waals surface area contributed by atoms with Gasteiger partial charge in [0.15, 0.2) is 11.5 Å². The highest BCUT2D eigenvalue weighted by molar-refractivity contribution is 5.93. The summed E-state index contributed by atoms with van der Waals surface area (Å²) >= 11 is 0. The Morgan fingerprint density at radius 1 is 1.26 bits per heavy atom. The van der Waals surface area contributed by atoms with E-state index in [-0.39, 0.29) is 5.56 Å². The van der Waals surface area contributed by atoms with E-state index in [2.05, 4.69) is 0 Å². The molecule has 0 unspecified atom stereocenters. The zero-order valence-electron chi connectivity index (χ0n) is 10.2. The van der Waals surface area contributed by atoms with E-state index in [0.29, 0.717) is 35.6 Å². The second kappa shape index (κ2) is 4.01. The van der Waals surface area contributed by atoms with Crippen LogP contribution in [0.5, 0.6) is 11.5 Å². The third-order valence-electron chi connectivity index (χ3n) is 3.08. The molecule has 0 atom stereocenters. The number of hydrogen-bond acceptors (Lipinski definition) is 4. The fourth-order valence-electron chi connectivity index (χ4n) is 2.17. The van der Waals surface area contributed by atoms with E-state index >= 15 is 0 Å². The summed E-state index contributed by atoms with van der Waals surface area (Å²) in [7, 11) is 1.68. The Hall–Kier alpha value is -2.50. The number of aromatic nitrogens is 1. The summed E-state index contributed by atoms with van der Waals surface area (Å²) < 4.78 is 12.4. The number of ether oxygens (including phenoxy) is 2. The molecule has 6 nitrogen and oxygen atoms in total. The maximum absolute atomic E-state index is 12.1. The van der Waals surface area contributed by atoms with Gasteiger partial charge in [-0.25, -0.2) is 4.79 Å². The predicted octanol–water partition coefficient (Wildman–Crippen LogP) is 1.01. The normalized spacial score (nSPS) is 13.5. The third kappa shape index (κ3) is 1.72. The van der Waals surface area contributed by atoms with Gasteiger partial charge in [-0.1, -0.05) is 0 Å². The van der Waals surface area contributed by atoms with Gasteiger partial charge < -0.3 is 19.1 Å². The molecule has 1 aromatic carbocycles. The first-order chi connectivity index (χ1) is 9.08. The van der Waals surface area contributed by atoms with Gasteiger partial charge in [0.25, 0.3) is 0 Å². The molecule has 0 aliphatic carbocycles. The maximum atomic E-state index is 12.1. The molecule has 0 bridgehead atoms. The highest BCUT2D eigenvalue weighted by Gasteiger charge is 2.18. The molecule has 98 valence electrons. The molecule has 0 saturated carbocycles. The van der Waals surface area contributed by atoms with Crippen molar-refractivity contribution in [2.75, 3.05) is 13.2 Å². The summed E-state index contributed by atoms with van der Waals surface area (Å²) in [6.07, 6.45) is 1.31. The van der Waals surface area contributed by atoms with Crippen LogP contribution in [0.4, 0.5) is 0 Å². The SMILES string of the molecule is Cn1cc(C(=O)O)c(=O)c2cc3c(cc21)OCCO3. The van der Waals surface area contributed by atoms with Crippen molar-refractivity contribution in [3.05, 3.63) is 34.1 Å². The van der Waals surface area contributed by atoms with Crippen LogP contribution in [-0.2, 0) is 7.05 Å². The quantitative estimate of drug-likeness (QED) is 0.828. The molecule has 0 amide bonds. The molecular weight excluding hydrogens is 250 g/mol. The van der Waals surface area contributed by atoms with Crippen LogP contribution in [0.15, 0.2) is 23.1 Å². The van der Waals surface area contributed by atoms with Gasteiger partial charge in [-0.15, -0.1) is 0 Å². The molecule has 1 aliphatic rings. The van der Waals surface area contributed by atoms with E-state index in [9.17, 15) is 9.59 Å². The van der Waals surface area contributed by atoms with E-state index in [1.165, 1.54) is 6.20 Å². The molecule has 2 heterocycles. The van der Waals surface area contributed by atoms with Crippen molar-refractivity contribution >= 4 is 16.9 Å². The predicted molar refractivity (Wildman–Crippen MR) is 67.1 cm³/mol. The van der Waals surface area contributed by atoms with E-state index in [1.807, 2.05) is 0 Å². The summed E-state index contributed by atoms with van der Waals surface area (Å²) in [5, 5.41) is 9.33. The number of carboxylic acids is 1. The van der Waals surface area contributed by atoms with Crippen molar-refractivity contribution in [2.45, 2.75) is 0 Å². The number of hydrogen-bond donors (Lipinski definition) is 1. The van der Waals surface area contributed by atoms with Crippen LogP contribution in [-0.4, -0.2) is 28.9 Å². The van der Waals surface area contributed by atoms with Crippen LogP contribution in [0.2, 0.25) is 0 Å². The second-order valence-electron chi connectivity index (χ2n) is 4.30. The van der Waals surface area contributed by atoms with Gasteiger partial charge in [-0.3, -0.25) is 4.79 Å². The zero-order valence-corrected chi connectivity index (χ0v) is 10.2. The standard InChI is InChI=1S/C13H11NO5/c1-14-6-8(13(16)17)12(15)7-4-10-11(5-9(7)14)19-3-2-18-10/h4-6H,2-3H2,1H3,(H,16,17). The number of benzene rings is 1. The van der Waals surface area contributed by atoms with Crippen LogP contribution in [0.25, 0.3) is 10.9 Å². The van der Waals surface area contributed by atoms with Crippen molar-refractivity contribution < 1.29 is 19.4 Å². The van der Waals surface area contributed by atoms with Crippen molar-refractivity contribution in [2.24, 2.45) is 7.05 Å². The number of aromatic carboxylic acids is 1. The van der Waals surface area contributed by atoms with Crippen molar-refractivity contribution in [1.29, 1.82) is 0 Å². The van der Waals surface area contributed by atoms with Crippen LogP contribution >= 0.6 is 0 Å². The first kappa shape index (κ1) is 11.6. The molecule has 0 spiro atoms. The van der Waals surface area contributed by atoms with Gasteiger partial charge in [0.2, 0.25) is 5.43 Å². The molecule has 0 fully saturated rings. The zero-order chi connectivity index (χ0) is 13.6. The van der Waals surface area contributed by atoms with Gasteiger partial charge in [0.05, 0.1) is 10.9 Å². The van der Waals surface area contributed by atoms with E-state index in [4.69, 9.17) is 14.6 Å². The van der Waals surface area contributed by atoms with E-state index in [1.54, 1.807) is 23.7 Å². The number of fused-ring (bicyclic) bond motifs is 2. The molecule has 3 rings (SSSR count). The molecule has 1 aliphatic heterocycles. The summed E-state index contributed by atoms with van der Waals surface area (Å²) in [6, 6.07) is 3.23. The first-order valence-electron chi connectivity index (χ1n) is 5.74. The lowest BCUT2D eigenvalue weighted by molar-refractivity contribution is 0.0695. The molecule has 19 heavy (non-hydrogen) atoms. The maximum Gasteiger partial charge on any atom is 0.341 e. The van der Waals surface area contributed by atoms with E-state index < -0.39 is 11.4 Å². The lowest BCUT2D eigenvalue weighted by atomic mass is 10.1. The molecular formula is C13H11NO5. The van der Waals surface area contributed by atoms with Crippen LogP contribution in [0, 0.1) is 0 Å². The van der Waals surface area contributed by atoms with Crippen molar-refractivity contribution in [3.8, 4) is 11.5 Å². The van der Waals surface area contributed by atoms with Crippen LogP contribution < -0.4 is 14.9 Å². The molecule has 6 heteroatoms. The summed E-state index contributed by atoms with van der Waals surface area (Å²) in [5.41, 5.74) is -0.163. The first-order valence-corrected chi connectivity index (χ1v) is 5.74. The third-order valence-corrected chi connectivity index (χ3v) is 3.08. The number of pyridine rings is 1. The Kier molecular flexibility index (Phi) is 2.45. The molecule has 1 aromatic heterocycles. The van der Waals surface area contributed by atoms with Crippen molar-refractivity contribution in [3.63, 3.8) is 0 Å². The molecule has 0 radical (unpaired) electrons. The van der Waals surface area contributed by atoms with Gasteiger partial charge in [0.1, 0.15) is 18.8 Å². The Labute approximate surface area is 107 Å². The Balaban J connectivity index is 2.38. The van der Waals surface area contributed by atoms with Gasteiger partial charge in [-0.05, 0) is 6.07 Å². The molecule has 0 saturated heterocycles. The average Bonchev–Trinajstić information content (AvgIpc) is 2.41. The number of carboxylic acid groups (broad SMARTS) is 1. The monoisotopic (exact) mass is 261 g/mol. The Bertz CT molecular complexity index is 747. The Morgan fingerprint density at radius 3 is 2.53 bits per heavy atom. The number of nitrogens with zero attached hydrogens (tertiary/aromatic N) is 1. The summed E-state index contributed by atoms with van der Waals surface area (Å²) in [4.78, 5) is 23.2. The smallest absolute Gasteiger partial charge is 0.341 e. The fourth-order valence-corrected chi connectivity index (χ4v) is 2.17. The highest BCUT2D eigenvalue weighted by Crippen LogP contribution is 2.33. The van der Waals surface area contributed by atoms with Gasteiger partial charge in [0, 0.05) is 19.3 Å². The van der Waals surface area contributed by atoms with E-state index in [0.717, 1.165) is 0 Å². The van der Waals surface area contributed by atoms with Gasteiger partial charge >= 0.3 is 5.97 Å². The summed E-state index contributed by atoms with van der Waals surface area (Å²) in [5.74, 6) is -0.201. The lowest BCUT2D eigenvalue weighted by Gasteiger charge is -2.19. The summed E-state index contributed by atoms with van der Waals surface area (Å²) in [6.45, 7) is 0.872. The largest absolute Gasteiger partial charge is 0.486 e. The average molecular weight is 261 g/mol. The topological polar surface area (TPSA) is 77.8 Å². The number of aryl methyl sites for hydroxylation is 1. The minimum atomic E-state index is -1.24. The van der Waals surface area contributed by atoms with Crippen LogP contribution in [0.1, 0.15) is 10.4 Å². The minimum Gasteiger partial charge on any atom is -0.486 e. The minimum absolute atomic E-state index is 0.258. The fraction of sp³-hybridized carbons (Fsp3) is 0.231. The molecule has 1 N–H and O–H groups in total. The lowest BCUT2D eigenvalue weighted by Crippen LogP contribution is -2.20. The van der Waals surface area contributed by atoms with Crippen molar-refractivity contribution in [1.82, 2.24) is 4.57 Å². The van der Waals surface area contributed by atoms with Crippen LogP contribution in [0.3, 0.4) is 0 Å². The highest BCUT2D eigenvalue weighted by atomic mass is 16.6. The number of carbonyl (C=O) groups is 1.